The second kappa shape index (κ2) is 10.0. The molecule has 0 N–H and O–H groups in total. The van der Waals surface area contributed by atoms with E-state index in [9.17, 15) is 0 Å². The predicted octanol–water partition coefficient (Wildman–Crippen LogP) is -1.88. The minimum Gasteiger partial charge on any atom is -1.00 e. The smallest absolute Gasteiger partial charge is 1.00 e. The SMILES string of the molecule is [Cl-].[Cl-].[Ti+4].[c-]1cccc2c1C=CC2.[c-]1cccc2c1C=CC2. The molecule has 0 nitrogen and oxygen atoms in total. The van der Waals surface area contributed by atoms with E-state index in [1.807, 2.05) is 24.3 Å². The largest absolute Gasteiger partial charge is 4.00 e. The second-order valence-corrected chi connectivity index (χ2v) is 4.43. The summed E-state index contributed by atoms with van der Waals surface area (Å²) in [5.41, 5.74) is 5.32. The fourth-order valence-electron chi connectivity index (χ4n) is 2.24. The van der Waals surface area contributed by atoms with Gasteiger partial charge in [0, 0.05) is 0 Å². The van der Waals surface area contributed by atoms with E-state index in [4.69, 9.17) is 0 Å². The number of hydrogen-bond acceptors (Lipinski definition) is 0. The van der Waals surface area contributed by atoms with Crippen molar-refractivity contribution in [3.05, 3.63) is 82.9 Å². The van der Waals surface area contributed by atoms with Gasteiger partial charge in [-0.25, -0.2) is 0 Å². The summed E-state index contributed by atoms with van der Waals surface area (Å²) in [6.45, 7) is 0. The summed E-state index contributed by atoms with van der Waals surface area (Å²) in [6, 6.07) is 18.6. The molecule has 0 radical (unpaired) electrons. The number of rotatable bonds is 0. The van der Waals surface area contributed by atoms with Crippen molar-refractivity contribution in [1.29, 1.82) is 0 Å². The zero-order chi connectivity index (χ0) is 12.2. The maximum atomic E-state index is 3.16. The van der Waals surface area contributed by atoms with Crippen LogP contribution in [0.2, 0.25) is 0 Å². The molecule has 0 bridgehead atoms. The molecule has 0 aromatic heterocycles. The molecule has 0 amide bonds. The standard InChI is InChI=1S/2C9H7.2ClH.Ti/c2*1-2-5-9-7-3-6-8(9)4-1;;;/h2*1-4,7H,6H2;2*1H;/q2*-1;;;+4/p-2. The summed E-state index contributed by atoms with van der Waals surface area (Å²) >= 11 is 0. The molecule has 0 spiro atoms. The Morgan fingerprint density at radius 2 is 1.14 bits per heavy atom. The van der Waals surface area contributed by atoms with Gasteiger partial charge in [0.2, 0.25) is 0 Å². The molecule has 21 heavy (non-hydrogen) atoms. The van der Waals surface area contributed by atoms with Crippen LogP contribution in [-0.4, -0.2) is 0 Å². The predicted molar refractivity (Wildman–Crippen MR) is 76.0 cm³/mol. The van der Waals surface area contributed by atoms with Crippen LogP contribution >= 0.6 is 0 Å². The van der Waals surface area contributed by atoms with E-state index in [0.717, 1.165) is 12.8 Å². The van der Waals surface area contributed by atoms with Gasteiger partial charge in [0.05, 0.1) is 0 Å². The van der Waals surface area contributed by atoms with Gasteiger partial charge in [-0.1, -0.05) is 12.8 Å². The first-order chi connectivity index (χ1) is 8.93. The van der Waals surface area contributed by atoms with E-state index in [0.29, 0.717) is 0 Å². The van der Waals surface area contributed by atoms with Gasteiger partial charge in [0.1, 0.15) is 0 Å². The van der Waals surface area contributed by atoms with Gasteiger partial charge < -0.3 is 24.8 Å². The fraction of sp³-hybridized carbons (Fsp3) is 0.111. The summed E-state index contributed by atoms with van der Waals surface area (Å²) in [5, 5.41) is 0. The van der Waals surface area contributed by atoms with Crippen LogP contribution in [0.4, 0.5) is 0 Å². The van der Waals surface area contributed by atoms with Gasteiger partial charge in [-0.3, -0.25) is 0 Å². The molecule has 2 aromatic carbocycles. The third kappa shape index (κ3) is 5.16. The van der Waals surface area contributed by atoms with Crippen LogP contribution in [0.25, 0.3) is 12.2 Å². The van der Waals surface area contributed by atoms with E-state index >= 15 is 0 Å². The number of benzene rings is 2. The zero-order valence-corrected chi connectivity index (χ0v) is 14.5. The quantitative estimate of drug-likeness (QED) is 0.386. The maximum absolute atomic E-state index is 3.16. The van der Waals surface area contributed by atoms with Gasteiger partial charge in [-0.05, 0) is 0 Å². The summed E-state index contributed by atoms with van der Waals surface area (Å²) in [6.07, 6.45) is 10.8. The Kier molecular flexibility index (Phi) is 9.65. The summed E-state index contributed by atoms with van der Waals surface area (Å²) in [5.74, 6) is 0. The number of fused-ring (bicyclic) bond motifs is 2. The monoisotopic (exact) mass is 348 g/mol. The zero-order valence-electron chi connectivity index (χ0n) is 11.4. The molecule has 2 aliphatic rings. The van der Waals surface area contributed by atoms with Crippen LogP contribution in [0.15, 0.2) is 48.6 Å². The molecule has 0 aliphatic heterocycles. The van der Waals surface area contributed by atoms with Crippen LogP contribution < -0.4 is 24.8 Å². The van der Waals surface area contributed by atoms with Crippen LogP contribution in [0.3, 0.4) is 0 Å². The Hall–Kier alpha value is -0.786. The van der Waals surface area contributed by atoms with Gasteiger partial charge in [0.15, 0.2) is 0 Å². The molecular formula is C18H14Cl2Ti. The number of hydrogen-bond donors (Lipinski definition) is 0. The minimum atomic E-state index is 0. The molecule has 104 valence electrons. The van der Waals surface area contributed by atoms with Crippen LogP contribution in [0.1, 0.15) is 22.3 Å². The van der Waals surface area contributed by atoms with Crippen molar-refractivity contribution < 1.29 is 46.5 Å². The number of halogens is 2. The molecule has 3 heteroatoms. The summed E-state index contributed by atoms with van der Waals surface area (Å²) in [7, 11) is 0. The van der Waals surface area contributed by atoms with Crippen molar-refractivity contribution in [3.8, 4) is 0 Å². The van der Waals surface area contributed by atoms with Crippen molar-refractivity contribution in [1.82, 2.24) is 0 Å². The Balaban J connectivity index is 0.000000333. The summed E-state index contributed by atoms with van der Waals surface area (Å²) in [4.78, 5) is 0. The van der Waals surface area contributed by atoms with Gasteiger partial charge in [0.25, 0.3) is 0 Å². The van der Waals surface area contributed by atoms with E-state index in [1.165, 1.54) is 22.3 Å². The fourth-order valence-corrected chi connectivity index (χ4v) is 2.24. The third-order valence-electron chi connectivity index (χ3n) is 3.20. The molecule has 0 fully saturated rings. The Morgan fingerprint density at radius 1 is 0.714 bits per heavy atom. The molecule has 4 rings (SSSR count). The number of allylic oxidation sites excluding steroid dienone is 2. The van der Waals surface area contributed by atoms with Gasteiger partial charge in [-0.2, -0.15) is 0 Å². The first-order valence-corrected chi connectivity index (χ1v) is 6.26. The minimum absolute atomic E-state index is 0. The molecular weight excluding hydrogens is 335 g/mol. The maximum Gasteiger partial charge on any atom is 4.00 e. The van der Waals surface area contributed by atoms with Crippen molar-refractivity contribution >= 4 is 12.2 Å². The molecule has 2 aromatic rings. The van der Waals surface area contributed by atoms with E-state index in [2.05, 4.69) is 48.6 Å². The first-order valence-electron chi connectivity index (χ1n) is 6.26. The van der Waals surface area contributed by atoms with Crippen LogP contribution in [0.5, 0.6) is 0 Å². The molecule has 0 saturated heterocycles. The van der Waals surface area contributed by atoms with Crippen molar-refractivity contribution in [2.24, 2.45) is 0 Å². The van der Waals surface area contributed by atoms with Crippen LogP contribution in [0, 0.1) is 12.1 Å². The van der Waals surface area contributed by atoms with Gasteiger partial charge in [-0.15, -0.1) is 95.1 Å². The van der Waals surface area contributed by atoms with Crippen molar-refractivity contribution in [2.75, 3.05) is 0 Å². The van der Waals surface area contributed by atoms with E-state index < -0.39 is 0 Å². The molecule has 0 saturated carbocycles. The van der Waals surface area contributed by atoms with Crippen molar-refractivity contribution in [3.63, 3.8) is 0 Å². The molecule has 0 heterocycles. The Bertz CT molecular complexity index is 563. The average molecular weight is 349 g/mol. The Morgan fingerprint density at radius 3 is 1.52 bits per heavy atom. The molecule has 0 atom stereocenters. The average Bonchev–Trinajstić information content (AvgIpc) is 3.08. The molecule has 0 unspecified atom stereocenters. The normalized spacial score (nSPS) is 11.8. The third-order valence-corrected chi connectivity index (χ3v) is 3.20. The topological polar surface area (TPSA) is 0 Å². The van der Waals surface area contributed by atoms with Crippen LogP contribution in [-0.2, 0) is 34.6 Å². The van der Waals surface area contributed by atoms with E-state index in [1.54, 1.807) is 0 Å². The first kappa shape index (κ1) is 20.2. The van der Waals surface area contributed by atoms with E-state index in [-0.39, 0.29) is 46.5 Å². The second-order valence-electron chi connectivity index (χ2n) is 4.43. The molecule has 2 aliphatic carbocycles. The Labute approximate surface area is 154 Å². The van der Waals surface area contributed by atoms with Crippen molar-refractivity contribution in [2.45, 2.75) is 12.8 Å². The summed E-state index contributed by atoms with van der Waals surface area (Å²) < 4.78 is 0. The van der Waals surface area contributed by atoms with Gasteiger partial charge >= 0.3 is 21.7 Å².